The van der Waals surface area contributed by atoms with Crippen LogP contribution in [-0.2, 0) is 10.0 Å². The highest BCUT2D eigenvalue weighted by Gasteiger charge is 2.31. The molecule has 1 atom stereocenters. The third-order valence-electron chi connectivity index (χ3n) is 4.53. The van der Waals surface area contributed by atoms with Gasteiger partial charge < -0.3 is 0 Å². The predicted molar refractivity (Wildman–Crippen MR) is 104 cm³/mol. The lowest BCUT2D eigenvalue weighted by atomic mass is 10.1. The summed E-state index contributed by atoms with van der Waals surface area (Å²) in [5, 5.41) is 4.47. The number of anilines is 1. The molecule has 27 heavy (non-hydrogen) atoms. The number of ketones is 1. The summed E-state index contributed by atoms with van der Waals surface area (Å²) >= 11 is 1.14. The SMILES string of the molecule is CC(=O)c1csc(NC(=O)c2cccc(S(=O)(=O)N3CCCCC3C)c2)n1. The molecule has 3 rings (SSSR count). The molecule has 0 spiro atoms. The molecule has 1 saturated heterocycles. The van der Waals surface area contributed by atoms with Crippen molar-refractivity contribution in [2.24, 2.45) is 0 Å². The smallest absolute Gasteiger partial charge is 0.257 e. The first-order valence-corrected chi connectivity index (χ1v) is 11.0. The van der Waals surface area contributed by atoms with Gasteiger partial charge in [0.15, 0.2) is 10.9 Å². The molecule has 1 amide bonds. The van der Waals surface area contributed by atoms with Gasteiger partial charge in [0.2, 0.25) is 10.0 Å². The van der Waals surface area contributed by atoms with Crippen molar-refractivity contribution >= 4 is 38.2 Å². The molecule has 9 heteroatoms. The highest BCUT2D eigenvalue weighted by molar-refractivity contribution is 7.89. The number of nitrogens with one attached hydrogen (secondary N) is 1. The molecule has 2 heterocycles. The zero-order valence-electron chi connectivity index (χ0n) is 15.1. The van der Waals surface area contributed by atoms with Crippen LogP contribution in [0, 0.1) is 0 Å². The van der Waals surface area contributed by atoms with E-state index in [0.29, 0.717) is 11.7 Å². The summed E-state index contributed by atoms with van der Waals surface area (Å²) in [6.07, 6.45) is 2.69. The van der Waals surface area contributed by atoms with Crippen LogP contribution in [0.15, 0.2) is 34.5 Å². The fourth-order valence-electron chi connectivity index (χ4n) is 3.02. The maximum absolute atomic E-state index is 13.0. The van der Waals surface area contributed by atoms with Gasteiger partial charge in [0.05, 0.1) is 4.90 Å². The summed E-state index contributed by atoms with van der Waals surface area (Å²) in [4.78, 5) is 27.9. The van der Waals surface area contributed by atoms with Crippen LogP contribution in [0.25, 0.3) is 0 Å². The second-order valence-corrected chi connectivity index (χ2v) is 9.29. The molecule has 0 aliphatic carbocycles. The van der Waals surface area contributed by atoms with E-state index in [1.807, 2.05) is 6.92 Å². The van der Waals surface area contributed by atoms with Gasteiger partial charge in [-0.3, -0.25) is 14.9 Å². The number of thiazole rings is 1. The number of benzene rings is 1. The fraction of sp³-hybridized carbons (Fsp3) is 0.389. The largest absolute Gasteiger partial charge is 0.298 e. The predicted octanol–water partition coefficient (Wildman–Crippen LogP) is 3.16. The average Bonchev–Trinajstić information content (AvgIpc) is 3.11. The second-order valence-electron chi connectivity index (χ2n) is 6.54. The Kier molecular flexibility index (Phi) is 5.73. The van der Waals surface area contributed by atoms with Crippen LogP contribution in [0.1, 0.15) is 54.0 Å². The summed E-state index contributed by atoms with van der Waals surface area (Å²) in [5.74, 6) is -0.654. The minimum atomic E-state index is -3.65. The monoisotopic (exact) mass is 407 g/mol. The van der Waals surface area contributed by atoms with Gasteiger partial charge in [-0.05, 0) is 38.0 Å². The van der Waals surface area contributed by atoms with E-state index in [1.165, 1.54) is 23.4 Å². The molecule has 0 bridgehead atoms. The molecule has 7 nitrogen and oxygen atoms in total. The van der Waals surface area contributed by atoms with Crippen LogP contribution in [0.5, 0.6) is 0 Å². The van der Waals surface area contributed by atoms with Gasteiger partial charge in [0, 0.05) is 30.5 Å². The summed E-state index contributed by atoms with van der Waals surface area (Å²) in [6.45, 7) is 3.80. The van der Waals surface area contributed by atoms with Gasteiger partial charge in [0.25, 0.3) is 5.91 Å². The van der Waals surface area contributed by atoms with Gasteiger partial charge in [-0.15, -0.1) is 11.3 Å². The lowest BCUT2D eigenvalue weighted by molar-refractivity contribution is 0.100. The van der Waals surface area contributed by atoms with Crippen molar-refractivity contribution in [3.63, 3.8) is 0 Å². The van der Waals surface area contributed by atoms with E-state index in [0.717, 1.165) is 30.6 Å². The number of amides is 1. The molecule has 1 aromatic carbocycles. The molecule has 1 unspecified atom stereocenters. The molecule has 1 fully saturated rings. The highest BCUT2D eigenvalue weighted by atomic mass is 32.2. The Labute approximate surface area is 162 Å². The third-order valence-corrected chi connectivity index (χ3v) is 7.30. The van der Waals surface area contributed by atoms with Gasteiger partial charge in [-0.25, -0.2) is 13.4 Å². The summed E-state index contributed by atoms with van der Waals surface area (Å²) in [6, 6.07) is 5.93. The zero-order valence-corrected chi connectivity index (χ0v) is 16.8. The third kappa shape index (κ3) is 4.26. The molecular formula is C18H21N3O4S2. The molecule has 0 radical (unpaired) electrons. The van der Waals surface area contributed by atoms with Crippen LogP contribution in [0.2, 0.25) is 0 Å². The molecule has 1 aliphatic rings. The molecular weight excluding hydrogens is 386 g/mol. The Balaban J connectivity index is 1.81. The number of Topliss-reactive ketones (excluding diaryl/α,β-unsaturated/α-hetero) is 1. The van der Waals surface area contributed by atoms with Crippen LogP contribution in [-0.4, -0.2) is 42.0 Å². The summed E-state index contributed by atoms with van der Waals surface area (Å²) in [7, 11) is -3.65. The van der Waals surface area contributed by atoms with Crippen molar-refractivity contribution in [3.8, 4) is 0 Å². The number of rotatable bonds is 5. The van der Waals surface area contributed by atoms with Crippen molar-refractivity contribution in [1.29, 1.82) is 0 Å². The number of carbonyl (C=O) groups is 2. The van der Waals surface area contributed by atoms with E-state index in [-0.39, 0.29) is 28.0 Å². The van der Waals surface area contributed by atoms with Crippen LogP contribution in [0.4, 0.5) is 5.13 Å². The van der Waals surface area contributed by atoms with Gasteiger partial charge >= 0.3 is 0 Å². The standard InChI is InChI=1S/C18H21N3O4S2/c1-12-6-3-4-9-21(12)27(24,25)15-8-5-7-14(10-15)17(23)20-18-19-16(11-26-18)13(2)22/h5,7-8,10-12H,3-4,6,9H2,1-2H3,(H,19,20,23). The van der Waals surface area contributed by atoms with E-state index in [1.54, 1.807) is 17.5 Å². The van der Waals surface area contributed by atoms with Gasteiger partial charge in [-0.2, -0.15) is 4.31 Å². The fourth-order valence-corrected chi connectivity index (χ4v) is 5.51. The Morgan fingerprint density at radius 3 is 2.74 bits per heavy atom. The number of aromatic nitrogens is 1. The van der Waals surface area contributed by atoms with Gasteiger partial charge in [-0.1, -0.05) is 12.5 Å². The Morgan fingerprint density at radius 1 is 1.30 bits per heavy atom. The van der Waals surface area contributed by atoms with E-state index < -0.39 is 15.9 Å². The molecule has 1 aromatic heterocycles. The highest BCUT2D eigenvalue weighted by Crippen LogP contribution is 2.26. The lowest BCUT2D eigenvalue weighted by Gasteiger charge is -2.32. The first-order chi connectivity index (χ1) is 12.8. The van der Waals surface area contributed by atoms with Crippen LogP contribution >= 0.6 is 11.3 Å². The number of hydrogen-bond acceptors (Lipinski definition) is 6. The minimum Gasteiger partial charge on any atom is -0.298 e. The molecule has 0 saturated carbocycles. The number of nitrogens with zero attached hydrogens (tertiary/aromatic N) is 2. The normalized spacial score (nSPS) is 18.2. The maximum atomic E-state index is 13.0. The molecule has 1 aliphatic heterocycles. The summed E-state index contributed by atoms with van der Waals surface area (Å²) < 4.78 is 27.4. The second kappa shape index (κ2) is 7.87. The Hall–Kier alpha value is -2.10. The maximum Gasteiger partial charge on any atom is 0.257 e. The number of hydrogen-bond donors (Lipinski definition) is 1. The topological polar surface area (TPSA) is 96.4 Å². The van der Waals surface area contributed by atoms with E-state index in [9.17, 15) is 18.0 Å². The Bertz CT molecular complexity index is 968. The first kappa shape index (κ1) is 19.7. The van der Waals surface area contributed by atoms with Gasteiger partial charge in [0.1, 0.15) is 5.69 Å². The number of carbonyl (C=O) groups excluding carboxylic acids is 2. The lowest BCUT2D eigenvalue weighted by Crippen LogP contribution is -2.41. The Morgan fingerprint density at radius 2 is 2.07 bits per heavy atom. The first-order valence-electron chi connectivity index (χ1n) is 8.69. The van der Waals surface area contributed by atoms with E-state index in [4.69, 9.17) is 0 Å². The number of piperidine rings is 1. The van der Waals surface area contributed by atoms with Crippen molar-refractivity contribution < 1.29 is 18.0 Å². The van der Waals surface area contributed by atoms with Crippen molar-refractivity contribution in [2.75, 3.05) is 11.9 Å². The molecule has 1 N–H and O–H groups in total. The van der Waals surface area contributed by atoms with Crippen LogP contribution in [0.3, 0.4) is 0 Å². The zero-order chi connectivity index (χ0) is 19.6. The van der Waals surface area contributed by atoms with E-state index >= 15 is 0 Å². The van der Waals surface area contributed by atoms with Crippen LogP contribution < -0.4 is 5.32 Å². The van der Waals surface area contributed by atoms with E-state index in [2.05, 4.69) is 10.3 Å². The van der Waals surface area contributed by atoms with Crippen molar-refractivity contribution in [3.05, 3.63) is 40.9 Å². The molecule has 144 valence electrons. The quantitative estimate of drug-likeness (QED) is 0.768. The molecule has 2 aromatic rings. The average molecular weight is 408 g/mol. The number of sulfonamides is 1. The summed E-state index contributed by atoms with van der Waals surface area (Å²) in [5.41, 5.74) is 0.506. The van der Waals surface area contributed by atoms with Crippen molar-refractivity contribution in [1.82, 2.24) is 9.29 Å². The minimum absolute atomic E-state index is 0.0541. The van der Waals surface area contributed by atoms with Crippen molar-refractivity contribution in [2.45, 2.75) is 44.0 Å².